The van der Waals surface area contributed by atoms with Crippen LogP contribution >= 0.6 is 0 Å². The van der Waals surface area contributed by atoms with E-state index in [0.717, 1.165) is 5.56 Å². The Balaban J connectivity index is 1.48. The van der Waals surface area contributed by atoms with Crippen LogP contribution < -0.4 is 5.32 Å². The molecule has 9 heteroatoms. The molecule has 1 amide bonds. The minimum atomic E-state index is -0.292. The van der Waals surface area contributed by atoms with Crippen molar-refractivity contribution in [2.75, 3.05) is 5.32 Å². The fourth-order valence-corrected chi connectivity index (χ4v) is 2.94. The predicted octanol–water partition coefficient (Wildman–Crippen LogP) is 3.00. The number of carbonyl (C=O) groups excluding carboxylic acids is 1. The fourth-order valence-electron chi connectivity index (χ4n) is 2.94. The van der Waals surface area contributed by atoms with E-state index in [1.54, 1.807) is 52.0 Å². The summed E-state index contributed by atoms with van der Waals surface area (Å²) in [7, 11) is 0. The Kier molecular flexibility index (Phi) is 5.10. The number of benzene rings is 2. The second-order valence-corrected chi connectivity index (χ2v) is 6.37. The molecule has 4 aromatic rings. The number of anilines is 1. The summed E-state index contributed by atoms with van der Waals surface area (Å²) in [5, 5.41) is 18.6. The number of aryl methyl sites for hydroxylation is 1. The summed E-state index contributed by atoms with van der Waals surface area (Å²) in [4.78, 5) is 12.6. The molecule has 0 saturated heterocycles. The second kappa shape index (κ2) is 8.01. The van der Waals surface area contributed by atoms with E-state index >= 15 is 0 Å². The average Bonchev–Trinajstić information content (AvgIpc) is 3.39. The van der Waals surface area contributed by atoms with Crippen molar-refractivity contribution < 1.29 is 9.18 Å². The minimum absolute atomic E-state index is 0.276. The monoisotopic (exact) mass is 391 g/mol. The summed E-state index contributed by atoms with van der Waals surface area (Å²) in [5.74, 6) is 0.0208. The van der Waals surface area contributed by atoms with Crippen molar-refractivity contribution in [3.05, 3.63) is 77.9 Å². The van der Waals surface area contributed by atoms with E-state index in [4.69, 9.17) is 0 Å². The van der Waals surface area contributed by atoms with E-state index in [1.807, 2.05) is 13.0 Å². The van der Waals surface area contributed by atoms with Gasteiger partial charge in [0.1, 0.15) is 5.82 Å². The number of nitrogens with one attached hydrogen (secondary N) is 1. The molecule has 146 valence electrons. The molecule has 0 atom stereocenters. The normalized spacial score (nSPS) is 10.8. The van der Waals surface area contributed by atoms with Crippen molar-refractivity contribution >= 4 is 11.6 Å². The van der Waals surface area contributed by atoms with Crippen LogP contribution in [0.3, 0.4) is 0 Å². The number of hydrogen-bond acceptors (Lipinski definition) is 5. The molecular weight excluding hydrogens is 373 g/mol. The first kappa shape index (κ1) is 18.5. The van der Waals surface area contributed by atoms with Gasteiger partial charge in [-0.3, -0.25) is 9.48 Å². The third-order valence-electron chi connectivity index (χ3n) is 4.40. The summed E-state index contributed by atoms with van der Waals surface area (Å²) in [6.45, 7) is 2.84. The first-order chi connectivity index (χ1) is 14.1. The first-order valence-electron chi connectivity index (χ1n) is 9.08. The number of amides is 1. The third-order valence-corrected chi connectivity index (χ3v) is 4.40. The Morgan fingerprint density at radius 3 is 2.86 bits per heavy atom. The third kappa shape index (κ3) is 4.03. The standard InChI is InChI=1S/C20H18FN7O/c1-2-28-19(24-25-26-28)14-7-5-8-15(10-14)20(29)23-17-11-22-27(13-17)12-16-6-3-4-9-18(16)21/h3-11,13H,2,12H2,1H3,(H,23,29). The first-order valence-corrected chi connectivity index (χ1v) is 9.08. The molecule has 0 unspecified atom stereocenters. The van der Waals surface area contributed by atoms with Crippen LogP contribution in [0.5, 0.6) is 0 Å². The highest BCUT2D eigenvalue weighted by molar-refractivity contribution is 6.04. The van der Waals surface area contributed by atoms with Crippen molar-refractivity contribution in [2.45, 2.75) is 20.0 Å². The SMILES string of the molecule is CCn1nnnc1-c1cccc(C(=O)Nc2cnn(Cc3ccccc3F)c2)c1. The Morgan fingerprint density at radius 2 is 2.03 bits per heavy atom. The van der Waals surface area contributed by atoms with Gasteiger partial charge in [0.25, 0.3) is 5.91 Å². The lowest BCUT2D eigenvalue weighted by Gasteiger charge is -2.06. The molecule has 0 aliphatic rings. The summed E-state index contributed by atoms with van der Waals surface area (Å²) in [6.07, 6.45) is 3.19. The molecule has 0 aliphatic heterocycles. The van der Waals surface area contributed by atoms with Crippen LogP contribution in [0.4, 0.5) is 10.1 Å². The quantitative estimate of drug-likeness (QED) is 0.546. The van der Waals surface area contributed by atoms with Crippen LogP contribution in [0.15, 0.2) is 60.9 Å². The summed E-state index contributed by atoms with van der Waals surface area (Å²) < 4.78 is 17.0. The number of hydrogen-bond donors (Lipinski definition) is 1. The summed E-state index contributed by atoms with van der Waals surface area (Å²) in [6, 6.07) is 13.6. The Bertz CT molecular complexity index is 1150. The lowest BCUT2D eigenvalue weighted by atomic mass is 10.1. The molecule has 0 spiro atoms. The summed E-state index contributed by atoms with van der Waals surface area (Å²) in [5.41, 5.74) is 2.26. The van der Waals surface area contributed by atoms with Gasteiger partial charge in [-0.25, -0.2) is 9.07 Å². The van der Waals surface area contributed by atoms with E-state index in [9.17, 15) is 9.18 Å². The number of carbonyl (C=O) groups is 1. The zero-order valence-corrected chi connectivity index (χ0v) is 15.7. The van der Waals surface area contributed by atoms with Gasteiger partial charge in [0, 0.05) is 29.4 Å². The molecule has 4 rings (SSSR count). The molecule has 2 heterocycles. The Hall–Kier alpha value is -3.88. The largest absolute Gasteiger partial charge is 0.319 e. The summed E-state index contributed by atoms with van der Waals surface area (Å²) >= 11 is 0. The van der Waals surface area contributed by atoms with Gasteiger partial charge in [0.05, 0.1) is 18.4 Å². The number of tetrazole rings is 1. The van der Waals surface area contributed by atoms with E-state index < -0.39 is 0 Å². The molecular formula is C20H18FN7O. The van der Waals surface area contributed by atoms with E-state index in [2.05, 4.69) is 25.9 Å². The highest BCUT2D eigenvalue weighted by atomic mass is 19.1. The molecule has 2 aromatic carbocycles. The highest BCUT2D eigenvalue weighted by Gasteiger charge is 2.13. The molecule has 0 radical (unpaired) electrons. The zero-order valence-electron chi connectivity index (χ0n) is 15.7. The van der Waals surface area contributed by atoms with Gasteiger partial charge in [-0.05, 0) is 35.5 Å². The van der Waals surface area contributed by atoms with Crippen LogP contribution in [-0.4, -0.2) is 35.9 Å². The number of aromatic nitrogens is 6. The molecule has 0 bridgehead atoms. The molecule has 8 nitrogen and oxygen atoms in total. The van der Waals surface area contributed by atoms with Gasteiger partial charge >= 0.3 is 0 Å². The van der Waals surface area contributed by atoms with Gasteiger partial charge in [-0.15, -0.1) is 5.10 Å². The smallest absolute Gasteiger partial charge is 0.255 e. The lowest BCUT2D eigenvalue weighted by molar-refractivity contribution is 0.102. The van der Waals surface area contributed by atoms with Crippen molar-refractivity contribution in [1.82, 2.24) is 30.0 Å². The van der Waals surface area contributed by atoms with Gasteiger partial charge in [0.2, 0.25) is 0 Å². The van der Waals surface area contributed by atoms with E-state index in [-0.39, 0.29) is 18.3 Å². The molecule has 29 heavy (non-hydrogen) atoms. The average molecular weight is 391 g/mol. The molecule has 0 aliphatic carbocycles. The van der Waals surface area contributed by atoms with E-state index in [1.165, 1.54) is 12.3 Å². The van der Waals surface area contributed by atoms with Crippen molar-refractivity contribution in [3.8, 4) is 11.4 Å². The minimum Gasteiger partial charge on any atom is -0.319 e. The van der Waals surface area contributed by atoms with Gasteiger partial charge < -0.3 is 5.32 Å². The predicted molar refractivity (Wildman–Crippen MR) is 105 cm³/mol. The van der Waals surface area contributed by atoms with E-state index in [0.29, 0.717) is 29.2 Å². The van der Waals surface area contributed by atoms with Crippen LogP contribution in [0.2, 0.25) is 0 Å². The van der Waals surface area contributed by atoms with Crippen LogP contribution in [0, 0.1) is 5.82 Å². The lowest BCUT2D eigenvalue weighted by Crippen LogP contribution is -2.11. The molecule has 1 N–H and O–H groups in total. The molecule has 0 saturated carbocycles. The Labute approximate surface area is 166 Å². The maximum atomic E-state index is 13.8. The Morgan fingerprint density at radius 1 is 1.17 bits per heavy atom. The van der Waals surface area contributed by atoms with Gasteiger partial charge in [0.15, 0.2) is 5.82 Å². The van der Waals surface area contributed by atoms with Crippen LogP contribution in [0.1, 0.15) is 22.8 Å². The van der Waals surface area contributed by atoms with Gasteiger partial charge in [-0.1, -0.05) is 30.3 Å². The number of halogens is 1. The zero-order chi connectivity index (χ0) is 20.2. The maximum absolute atomic E-state index is 13.8. The number of nitrogens with zero attached hydrogens (tertiary/aromatic N) is 6. The van der Waals surface area contributed by atoms with Crippen molar-refractivity contribution in [2.24, 2.45) is 0 Å². The van der Waals surface area contributed by atoms with Crippen molar-refractivity contribution in [1.29, 1.82) is 0 Å². The topological polar surface area (TPSA) is 90.5 Å². The van der Waals surface area contributed by atoms with Crippen molar-refractivity contribution in [3.63, 3.8) is 0 Å². The molecule has 0 fully saturated rings. The van der Waals surface area contributed by atoms with Crippen LogP contribution in [-0.2, 0) is 13.1 Å². The second-order valence-electron chi connectivity index (χ2n) is 6.37. The highest BCUT2D eigenvalue weighted by Crippen LogP contribution is 2.18. The fraction of sp³-hybridized carbons (Fsp3) is 0.150. The van der Waals surface area contributed by atoms with Gasteiger partial charge in [-0.2, -0.15) is 5.10 Å². The molecule has 2 aromatic heterocycles. The van der Waals surface area contributed by atoms with Crippen LogP contribution in [0.25, 0.3) is 11.4 Å². The maximum Gasteiger partial charge on any atom is 0.255 e. The number of rotatable bonds is 6.